The molecule has 1 amide bonds. The van der Waals surface area contributed by atoms with Crippen LogP contribution in [0.5, 0.6) is 0 Å². The van der Waals surface area contributed by atoms with Gasteiger partial charge < -0.3 is 5.32 Å². The van der Waals surface area contributed by atoms with Gasteiger partial charge in [-0.1, -0.05) is 73.4 Å². The molecule has 0 aliphatic carbocycles. The number of hydrogen-bond acceptors (Lipinski definition) is 2. The summed E-state index contributed by atoms with van der Waals surface area (Å²) in [5.41, 5.74) is 4.40. The SMILES string of the molecule is CC(C)c1ccc([C@@H]2Nc3ccccc3C(=O)N2c2ccc(Cl)c(Cl)c2)cc1. The first-order chi connectivity index (χ1) is 13.5. The summed E-state index contributed by atoms with van der Waals surface area (Å²) >= 11 is 12.3. The second-order valence-electron chi connectivity index (χ2n) is 7.19. The number of carbonyl (C=O) groups excluding carboxylic acids is 1. The van der Waals surface area contributed by atoms with Gasteiger partial charge in [0.15, 0.2) is 0 Å². The van der Waals surface area contributed by atoms with Gasteiger partial charge in [0.2, 0.25) is 0 Å². The number of rotatable bonds is 3. The molecule has 0 fully saturated rings. The number of hydrogen-bond donors (Lipinski definition) is 1. The van der Waals surface area contributed by atoms with Gasteiger partial charge in [-0.25, -0.2) is 0 Å². The van der Waals surface area contributed by atoms with Gasteiger partial charge in [-0.05, 0) is 47.4 Å². The van der Waals surface area contributed by atoms with Crippen LogP contribution in [0.25, 0.3) is 0 Å². The predicted molar refractivity (Wildman–Crippen MR) is 117 cm³/mol. The van der Waals surface area contributed by atoms with E-state index in [1.807, 2.05) is 30.3 Å². The van der Waals surface area contributed by atoms with Gasteiger partial charge in [-0.3, -0.25) is 9.69 Å². The summed E-state index contributed by atoms with van der Waals surface area (Å²) in [6.07, 6.45) is -0.346. The second kappa shape index (κ2) is 7.50. The van der Waals surface area contributed by atoms with Crippen molar-refractivity contribution in [3.05, 3.63) is 93.5 Å². The zero-order chi connectivity index (χ0) is 19.8. The Morgan fingerprint density at radius 3 is 2.32 bits per heavy atom. The van der Waals surface area contributed by atoms with E-state index >= 15 is 0 Å². The van der Waals surface area contributed by atoms with Crippen LogP contribution in [0.2, 0.25) is 10.0 Å². The van der Waals surface area contributed by atoms with Gasteiger partial charge >= 0.3 is 0 Å². The van der Waals surface area contributed by atoms with E-state index in [-0.39, 0.29) is 12.1 Å². The lowest BCUT2D eigenvalue weighted by Gasteiger charge is -2.38. The number of para-hydroxylation sites is 1. The van der Waals surface area contributed by atoms with Crippen molar-refractivity contribution in [3.8, 4) is 0 Å². The summed E-state index contributed by atoms with van der Waals surface area (Å²) in [6.45, 7) is 4.32. The molecule has 1 heterocycles. The molecule has 4 rings (SSSR count). The minimum Gasteiger partial charge on any atom is -0.360 e. The van der Waals surface area contributed by atoms with Crippen LogP contribution in [-0.2, 0) is 0 Å². The molecule has 142 valence electrons. The van der Waals surface area contributed by atoms with Gasteiger partial charge in [0.05, 0.1) is 15.6 Å². The van der Waals surface area contributed by atoms with Crippen molar-refractivity contribution < 1.29 is 4.79 Å². The first kappa shape index (κ1) is 18.9. The zero-order valence-electron chi connectivity index (χ0n) is 15.6. The van der Waals surface area contributed by atoms with Crippen LogP contribution < -0.4 is 10.2 Å². The Morgan fingerprint density at radius 1 is 0.929 bits per heavy atom. The maximum Gasteiger partial charge on any atom is 0.262 e. The molecule has 1 aliphatic heterocycles. The molecule has 0 aromatic heterocycles. The van der Waals surface area contributed by atoms with Gasteiger partial charge in [-0.2, -0.15) is 0 Å². The number of benzene rings is 3. The molecule has 0 spiro atoms. The molecule has 0 bridgehead atoms. The summed E-state index contributed by atoms with van der Waals surface area (Å²) in [5, 5.41) is 4.38. The van der Waals surface area contributed by atoms with E-state index in [4.69, 9.17) is 23.2 Å². The van der Waals surface area contributed by atoms with Crippen molar-refractivity contribution in [3.63, 3.8) is 0 Å². The Hall–Kier alpha value is -2.49. The Bertz CT molecular complexity index is 1030. The molecule has 3 aromatic rings. The summed E-state index contributed by atoms with van der Waals surface area (Å²) in [6, 6.07) is 21.2. The standard InChI is InChI=1S/C23H20Cl2N2O/c1-14(2)15-7-9-16(10-8-15)22-26-21-6-4-3-5-18(21)23(28)27(22)17-11-12-19(24)20(25)13-17/h3-14,22,26H,1-2H3/t22-/m1/s1. The topological polar surface area (TPSA) is 32.3 Å². The van der Waals surface area contributed by atoms with Crippen molar-refractivity contribution in [2.75, 3.05) is 10.2 Å². The van der Waals surface area contributed by atoms with Crippen molar-refractivity contribution in [1.82, 2.24) is 0 Å². The van der Waals surface area contributed by atoms with E-state index in [1.165, 1.54) is 5.56 Å². The zero-order valence-corrected chi connectivity index (χ0v) is 17.1. The number of nitrogens with zero attached hydrogens (tertiary/aromatic N) is 1. The van der Waals surface area contributed by atoms with Gasteiger partial charge in [-0.15, -0.1) is 0 Å². The Morgan fingerprint density at radius 2 is 1.64 bits per heavy atom. The van der Waals surface area contributed by atoms with Crippen LogP contribution in [0.3, 0.4) is 0 Å². The van der Waals surface area contributed by atoms with Gasteiger partial charge in [0, 0.05) is 11.4 Å². The maximum absolute atomic E-state index is 13.4. The Balaban J connectivity index is 1.83. The molecule has 0 radical (unpaired) electrons. The molecule has 5 heteroatoms. The smallest absolute Gasteiger partial charge is 0.262 e. The molecule has 1 N–H and O–H groups in total. The summed E-state index contributed by atoms with van der Waals surface area (Å²) in [5.74, 6) is 0.368. The van der Waals surface area contributed by atoms with E-state index < -0.39 is 0 Å². The first-order valence-corrected chi connectivity index (χ1v) is 9.95. The molecule has 0 saturated heterocycles. The van der Waals surface area contributed by atoms with E-state index in [1.54, 1.807) is 17.0 Å². The fourth-order valence-electron chi connectivity index (χ4n) is 3.45. The lowest BCUT2D eigenvalue weighted by molar-refractivity contribution is 0.0975. The van der Waals surface area contributed by atoms with Gasteiger partial charge in [0.25, 0.3) is 5.91 Å². The molecule has 28 heavy (non-hydrogen) atoms. The fraction of sp³-hybridized carbons (Fsp3) is 0.174. The minimum atomic E-state index is -0.346. The molecule has 0 saturated carbocycles. The largest absolute Gasteiger partial charge is 0.360 e. The Kier molecular flexibility index (Phi) is 5.05. The third-order valence-electron chi connectivity index (χ3n) is 5.03. The van der Waals surface area contributed by atoms with Crippen molar-refractivity contribution >= 4 is 40.5 Å². The number of amides is 1. The number of nitrogens with one attached hydrogen (secondary N) is 1. The van der Waals surface area contributed by atoms with E-state index in [0.717, 1.165) is 11.3 Å². The van der Waals surface area contributed by atoms with Gasteiger partial charge in [0.1, 0.15) is 6.17 Å². The fourth-order valence-corrected chi connectivity index (χ4v) is 3.74. The molecule has 3 nitrogen and oxygen atoms in total. The molecular weight excluding hydrogens is 391 g/mol. The van der Waals surface area contributed by atoms with Crippen LogP contribution in [-0.4, -0.2) is 5.91 Å². The number of carbonyl (C=O) groups is 1. The quantitative estimate of drug-likeness (QED) is 0.509. The van der Waals surface area contributed by atoms with E-state index in [0.29, 0.717) is 27.2 Å². The average Bonchev–Trinajstić information content (AvgIpc) is 2.70. The highest BCUT2D eigenvalue weighted by atomic mass is 35.5. The average molecular weight is 411 g/mol. The monoisotopic (exact) mass is 410 g/mol. The normalized spacial score (nSPS) is 16.1. The van der Waals surface area contributed by atoms with Crippen LogP contribution in [0.4, 0.5) is 11.4 Å². The second-order valence-corrected chi connectivity index (χ2v) is 8.00. The molecular formula is C23H20Cl2N2O. The first-order valence-electron chi connectivity index (χ1n) is 9.19. The van der Waals surface area contributed by atoms with Crippen LogP contribution in [0.15, 0.2) is 66.7 Å². The lowest BCUT2D eigenvalue weighted by Crippen LogP contribution is -2.43. The Labute approximate surface area is 174 Å². The lowest BCUT2D eigenvalue weighted by atomic mass is 9.98. The molecule has 3 aromatic carbocycles. The number of halogens is 2. The van der Waals surface area contributed by atoms with Crippen LogP contribution in [0.1, 0.15) is 47.4 Å². The predicted octanol–water partition coefficient (Wildman–Crippen LogP) is 6.89. The summed E-state index contributed by atoms with van der Waals surface area (Å²) in [7, 11) is 0. The van der Waals surface area contributed by atoms with E-state index in [2.05, 4.69) is 43.4 Å². The van der Waals surface area contributed by atoms with Crippen molar-refractivity contribution in [1.29, 1.82) is 0 Å². The summed E-state index contributed by atoms with van der Waals surface area (Å²) < 4.78 is 0. The van der Waals surface area contributed by atoms with Crippen molar-refractivity contribution in [2.45, 2.75) is 25.9 Å². The number of anilines is 2. The molecule has 1 aliphatic rings. The van der Waals surface area contributed by atoms with Crippen molar-refractivity contribution in [2.24, 2.45) is 0 Å². The molecule has 1 atom stereocenters. The highest BCUT2D eigenvalue weighted by molar-refractivity contribution is 6.42. The maximum atomic E-state index is 13.4. The minimum absolute atomic E-state index is 0.0781. The third-order valence-corrected chi connectivity index (χ3v) is 5.77. The van der Waals surface area contributed by atoms with Crippen LogP contribution in [0, 0.1) is 0 Å². The highest BCUT2D eigenvalue weighted by Crippen LogP contribution is 2.38. The number of fused-ring (bicyclic) bond motifs is 1. The van der Waals surface area contributed by atoms with Crippen LogP contribution >= 0.6 is 23.2 Å². The summed E-state index contributed by atoms with van der Waals surface area (Å²) in [4.78, 5) is 15.1. The molecule has 0 unspecified atom stereocenters. The highest BCUT2D eigenvalue weighted by Gasteiger charge is 2.34. The van der Waals surface area contributed by atoms with E-state index in [9.17, 15) is 4.79 Å². The third kappa shape index (κ3) is 3.36.